The Balaban J connectivity index is 1.77. The molecule has 0 spiro atoms. The van der Waals surface area contributed by atoms with Crippen molar-refractivity contribution in [2.75, 3.05) is 13.2 Å². The molecule has 0 bridgehead atoms. The first-order valence-electron chi connectivity index (χ1n) is 6.33. The lowest BCUT2D eigenvalue weighted by Crippen LogP contribution is -2.36. The maximum atomic E-state index is 12.1. The normalized spacial score (nSPS) is 16.1. The lowest BCUT2D eigenvalue weighted by molar-refractivity contribution is -0.196. The van der Waals surface area contributed by atoms with Gasteiger partial charge in [0.2, 0.25) is 0 Å². The summed E-state index contributed by atoms with van der Waals surface area (Å²) in [6.07, 6.45) is 4.37. The van der Waals surface area contributed by atoms with Gasteiger partial charge in [-0.05, 0) is 24.5 Å². The minimum Gasteiger partial charge on any atom is -0.361 e. The number of benzene rings is 1. The largest absolute Gasteiger partial charge is 0.361 e. The van der Waals surface area contributed by atoms with Crippen LogP contribution in [-0.2, 0) is 16.1 Å². The number of aromatic nitrogens is 1. The van der Waals surface area contributed by atoms with E-state index in [0.29, 0.717) is 19.6 Å². The van der Waals surface area contributed by atoms with Crippen molar-refractivity contribution in [1.82, 2.24) is 10.0 Å². The summed E-state index contributed by atoms with van der Waals surface area (Å²) in [6, 6.07) is 8.02. The van der Waals surface area contributed by atoms with Gasteiger partial charge in [0.1, 0.15) is 0 Å². The number of carbonyl (C=O) groups is 1. The second kappa shape index (κ2) is 4.82. The van der Waals surface area contributed by atoms with Crippen LogP contribution in [0.4, 0.5) is 0 Å². The number of rotatable bonds is 2. The molecule has 94 valence electrons. The second-order valence-electron chi connectivity index (χ2n) is 4.57. The summed E-state index contributed by atoms with van der Waals surface area (Å²) in [5, 5.41) is 2.62. The van der Waals surface area contributed by atoms with E-state index in [1.807, 2.05) is 30.5 Å². The SMILES string of the molecule is O=C(Cc1c[nH]c2ccccc12)N1CCCCO1. The molecule has 1 N–H and O–H groups in total. The van der Waals surface area contributed by atoms with Crippen molar-refractivity contribution in [1.29, 1.82) is 0 Å². The van der Waals surface area contributed by atoms with Gasteiger partial charge in [0.15, 0.2) is 0 Å². The molecule has 1 aliphatic heterocycles. The number of fused-ring (bicyclic) bond motifs is 1. The maximum Gasteiger partial charge on any atom is 0.250 e. The molecule has 0 radical (unpaired) electrons. The number of H-pyrrole nitrogens is 1. The van der Waals surface area contributed by atoms with E-state index in [-0.39, 0.29) is 5.91 Å². The summed E-state index contributed by atoms with van der Waals surface area (Å²) in [4.78, 5) is 20.7. The number of amides is 1. The van der Waals surface area contributed by atoms with Crippen molar-refractivity contribution in [3.63, 3.8) is 0 Å². The Hall–Kier alpha value is -1.81. The quantitative estimate of drug-likeness (QED) is 0.880. The second-order valence-corrected chi connectivity index (χ2v) is 4.57. The monoisotopic (exact) mass is 244 g/mol. The van der Waals surface area contributed by atoms with Crippen LogP contribution in [0.2, 0.25) is 0 Å². The van der Waals surface area contributed by atoms with Crippen molar-refractivity contribution >= 4 is 16.8 Å². The zero-order valence-corrected chi connectivity index (χ0v) is 10.2. The lowest BCUT2D eigenvalue weighted by atomic mass is 10.1. The fourth-order valence-corrected chi connectivity index (χ4v) is 2.32. The third-order valence-electron chi connectivity index (χ3n) is 3.30. The van der Waals surface area contributed by atoms with E-state index in [9.17, 15) is 4.79 Å². The van der Waals surface area contributed by atoms with Crippen LogP contribution in [0.25, 0.3) is 10.9 Å². The predicted molar refractivity (Wildman–Crippen MR) is 68.9 cm³/mol. The first-order chi connectivity index (χ1) is 8.84. The van der Waals surface area contributed by atoms with Crippen molar-refractivity contribution < 1.29 is 9.63 Å². The molecule has 1 aromatic carbocycles. The molecular weight excluding hydrogens is 228 g/mol. The summed E-state index contributed by atoms with van der Waals surface area (Å²) >= 11 is 0. The van der Waals surface area contributed by atoms with Crippen molar-refractivity contribution in [2.45, 2.75) is 19.3 Å². The summed E-state index contributed by atoms with van der Waals surface area (Å²) in [5.41, 5.74) is 2.10. The molecule has 1 amide bonds. The van der Waals surface area contributed by atoms with Gasteiger partial charge in [0, 0.05) is 23.6 Å². The summed E-state index contributed by atoms with van der Waals surface area (Å²) in [5.74, 6) is 0.0412. The number of nitrogens with zero attached hydrogens (tertiary/aromatic N) is 1. The minimum atomic E-state index is 0.0412. The van der Waals surface area contributed by atoms with Crippen LogP contribution < -0.4 is 0 Å². The highest BCUT2D eigenvalue weighted by molar-refractivity contribution is 5.88. The standard InChI is InChI=1S/C14H16N2O2/c17-14(16-7-3-4-8-18-16)9-11-10-15-13-6-2-1-5-12(11)13/h1-2,5-6,10,15H,3-4,7-9H2. The van der Waals surface area contributed by atoms with E-state index >= 15 is 0 Å². The molecule has 1 aromatic heterocycles. The lowest BCUT2D eigenvalue weighted by Gasteiger charge is -2.25. The Labute approximate surface area is 105 Å². The zero-order valence-electron chi connectivity index (χ0n) is 10.2. The number of carbonyl (C=O) groups excluding carboxylic acids is 1. The highest BCUT2D eigenvalue weighted by atomic mass is 16.7. The van der Waals surface area contributed by atoms with Gasteiger partial charge in [0.25, 0.3) is 5.91 Å². The van der Waals surface area contributed by atoms with Crippen LogP contribution in [0.5, 0.6) is 0 Å². The number of aromatic amines is 1. The molecule has 0 saturated carbocycles. The molecule has 1 saturated heterocycles. The van der Waals surface area contributed by atoms with Gasteiger partial charge >= 0.3 is 0 Å². The van der Waals surface area contributed by atoms with Crippen LogP contribution in [0.3, 0.4) is 0 Å². The molecule has 2 heterocycles. The number of hydrogen-bond donors (Lipinski definition) is 1. The first-order valence-corrected chi connectivity index (χ1v) is 6.33. The molecule has 1 fully saturated rings. The molecule has 3 rings (SSSR count). The molecule has 1 aliphatic rings. The predicted octanol–water partition coefficient (Wildman–Crippen LogP) is 2.26. The Morgan fingerprint density at radius 2 is 2.22 bits per heavy atom. The Morgan fingerprint density at radius 1 is 1.33 bits per heavy atom. The van der Waals surface area contributed by atoms with Crippen molar-refractivity contribution in [3.05, 3.63) is 36.0 Å². The third kappa shape index (κ3) is 2.11. The number of hydrogen-bond acceptors (Lipinski definition) is 2. The topological polar surface area (TPSA) is 45.3 Å². The number of para-hydroxylation sites is 1. The Morgan fingerprint density at radius 3 is 3.06 bits per heavy atom. The average Bonchev–Trinajstić information content (AvgIpc) is 2.83. The van der Waals surface area contributed by atoms with Crippen LogP contribution in [0, 0.1) is 0 Å². The van der Waals surface area contributed by atoms with E-state index in [1.54, 1.807) is 0 Å². The summed E-state index contributed by atoms with van der Waals surface area (Å²) in [7, 11) is 0. The number of hydroxylamine groups is 2. The Kier molecular flexibility index (Phi) is 3.02. The van der Waals surface area contributed by atoms with Crippen molar-refractivity contribution in [2.24, 2.45) is 0 Å². The molecule has 0 aliphatic carbocycles. The van der Waals surface area contributed by atoms with Crippen LogP contribution in [-0.4, -0.2) is 29.1 Å². The molecule has 4 heteroatoms. The smallest absolute Gasteiger partial charge is 0.250 e. The zero-order chi connectivity index (χ0) is 12.4. The van der Waals surface area contributed by atoms with E-state index in [4.69, 9.17) is 4.84 Å². The molecule has 2 aromatic rings. The van der Waals surface area contributed by atoms with Crippen LogP contribution in [0.15, 0.2) is 30.5 Å². The first kappa shape index (κ1) is 11.3. The highest BCUT2D eigenvalue weighted by Gasteiger charge is 2.19. The van der Waals surface area contributed by atoms with Gasteiger partial charge in [-0.25, -0.2) is 5.06 Å². The van der Waals surface area contributed by atoms with Gasteiger partial charge in [-0.2, -0.15) is 0 Å². The molecular formula is C14H16N2O2. The van der Waals surface area contributed by atoms with Gasteiger partial charge in [0.05, 0.1) is 13.0 Å². The Bertz CT molecular complexity index is 556. The van der Waals surface area contributed by atoms with Gasteiger partial charge in [-0.1, -0.05) is 18.2 Å². The van der Waals surface area contributed by atoms with E-state index < -0.39 is 0 Å². The highest BCUT2D eigenvalue weighted by Crippen LogP contribution is 2.19. The fourth-order valence-electron chi connectivity index (χ4n) is 2.32. The van der Waals surface area contributed by atoms with Gasteiger partial charge in [-0.3, -0.25) is 9.63 Å². The van der Waals surface area contributed by atoms with E-state index in [1.165, 1.54) is 5.06 Å². The number of nitrogens with one attached hydrogen (secondary N) is 1. The minimum absolute atomic E-state index is 0.0412. The maximum absolute atomic E-state index is 12.1. The fraction of sp³-hybridized carbons (Fsp3) is 0.357. The molecule has 4 nitrogen and oxygen atoms in total. The molecule has 18 heavy (non-hydrogen) atoms. The van der Waals surface area contributed by atoms with E-state index in [0.717, 1.165) is 29.3 Å². The summed E-state index contributed by atoms with van der Waals surface area (Å²) < 4.78 is 0. The van der Waals surface area contributed by atoms with Crippen LogP contribution in [0.1, 0.15) is 18.4 Å². The average molecular weight is 244 g/mol. The van der Waals surface area contributed by atoms with Gasteiger partial charge < -0.3 is 4.98 Å². The van der Waals surface area contributed by atoms with E-state index in [2.05, 4.69) is 4.98 Å². The van der Waals surface area contributed by atoms with Crippen molar-refractivity contribution in [3.8, 4) is 0 Å². The molecule has 0 unspecified atom stereocenters. The van der Waals surface area contributed by atoms with Crippen LogP contribution >= 0.6 is 0 Å². The summed E-state index contributed by atoms with van der Waals surface area (Å²) in [6.45, 7) is 1.36. The molecule has 0 atom stereocenters. The van der Waals surface area contributed by atoms with Gasteiger partial charge in [-0.15, -0.1) is 0 Å². The third-order valence-corrected chi connectivity index (χ3v) is 3.30.